The number of hydrogen-bond donors (Lipinski definition) is 3. The summed E-state index contributed by atoms with van der Waals surface area (Å²) in [5, 5.41) is 6.61. The predicted octanol–water partition coefficient (Wildman–Crippen LogP) is 4.51. The molecule has 1 heterocycles. The van der Waals surface area contributed by atoms with Crippen LogP contribution in [0.15, 0.2) is 66.7 Å². The van der Waals surface area contributed by atoms with Crippen molar-refractivity contribution in [1.82, 2.24) is 20.6 Å². The van der Waals surface area contributed by atoms with Crippen LogP contribution in [0.25, 0.3) is 33.5 Å². The highest BCUT2D eigenvalue weighted by Crippen LogP contribution is 2.26. The Balaban J connectivity index is 1.53. The van der Waals surface area contributed by atoms with E-state index in [-0.39, 0.29) is 0 Å². The van der Waals surface area contributed by atoms with E-state index >= 15 is 0 Å². The van der Waals surface area contributed by atoms with Gasteiger partial charge >= 0.3 is 0 Å². The number of benzene rings is 3. The summed E-state index contributed by atoms with van der Waals surface area (Å²) in [4.78, 5) is 8.21. The summed E-state index contributed by atoms with van der Waals surface area (Å²) in [7, 11) is 1.97. The van der Waals surface area contributed by atoms with Crippen LogP contribution in [0.2, 0.25) is 0 Å². The molecule has 0 aliphatic rings. The zero-order chi connectivity index (χ0) is 19.3. The molecule has 4 aromatic rings. The maximum Gasteiger partial charge on any atom is 0.138 e. The summed E-state index contributed by atoms with van der Waals surface area (Å²) >= 11 is 0. The summed E-state index contributed by atoms with van der Waals surface area (Å²) in [6, 6.07) is 23.6. The van der Waals surface area contributed by atoms with Crippen LogP contribution in [0.5, 0.6) is 0 Å². The Bertz CT molecular complexity index is 1060. The standard InChI is InChI=1S/C24H26N4/c1-17-5-3-8-22-23(17)28-24(27-22)20-11-9-19(10-12-20)21-7-4-6-18(15-21)16-26-14-13-25-2/h3-12,15,25-26H,13-14,16H2,1-2H3,(H,27,28). The Morgan fingerprint density at radius 3 is 2.43 bits per heavy atom. The maximum atomic E-state index is 4.78. The molecule has 0 unspecified atom stereocenters. The fourth-order valence-corrected chi connectivity index (χ4v) is 3.44. The number of H-pyrrole nitrogens is 1. The maximum absolute atomic E-state index is 4.78. The van der Waals surface area contributed by atoms with Crippen LogP contribution in [0.3, 0.4) is 0 Å². The fourth-order valence-electron chi connectivity index (χ4n) is 3.44. The Labute approximate surface area is 166 Å². The number of aromatic nitrogens is 2. The number of nitrogens with zero attached hydrogens (tertiary/aromatic N) is 1. The molecule has 0 fully saturated rings. The first-order chi connectivity index (χ1) is 13.7. The molecule has 28 heavy (non-hydrogen) atoms. The minimum Gasteiger partial charge on any atom is -0.338 e. The van der Waals surface area contributed by atoms with Crippen LogP contribution < -0.4 is 10.6 Å². The summed E-state index contributed by atoms with van der Waals surface area (Å²) in [5.74, 6) is 0.915. The molecule has 3 N–H and O–H groups in total. The van der Waals surface area contributed by atoms with Crippen LogP contribution >= 0.6 is 0 Å². The minimum atomic E-state index is 0.881. The average Bonchev–Trinajstić information content (AvgIpc) is 3.17. The first kappa shape index (κ1) is 18.4. The fraction of sp³-hybridized carbons (Fsp3) is 0.208. The van der Waals surface area contributed by atoms with Gasteiger partial charge in [-0.25, -0.2) is 4.98 Å². The van der Waals surface area contributed by atoms with Crippen molar-refractivity contribution in [1.29, 1.82) is 0 Å². The van der Waals surface area contributed by atoms with Gasteiger partial charge in [-0.15, -0.1) is 0 Å². The first-order valence-electron chi connectivity index (χ1n) is 9.75. The third-order valence-electron chi connectivity index (χ3n) is 5.01. The summed E-state index contributed by atoms with van der Waals surface area (Å²) in [5.41, 5.74) is 8.16. The number of rotatable bonds is 7. The summed E-state index contributed by atoms with van der Waals surface area (Å²) < 4.78 is 0. The van der Waals surface area contributed by atoms with Gasteiger partial charge in [-0.1, -0.05) is 54.6 Å². The molecule has 0 saturated heterocycles. The van der Waals surface area contributed by atoms with Crippen molar-refractivity contribution < 1.29 is 0 Å². The SMILES string of the molecule is CNCCNCc1cccc(-c2ccc(-c3nc4c(C)cccc4[nH]3)cc2)c1. The molecule has 1 aromatic heterocycles. The monoisotopic (exact) mass is 370 g/mol. The molecule has 0 spiro atoms. The van der Waals surface area contributed by atoms with Crippen molar-refractivity contribution in [2.24, 2.45) is 0 Å². The highest BCUT2D eigenvalue weighted by atomic mass is 14.9. The van der Waals surface area contributed by atoms with E-state index in [1.54, 1.807) is 0 Å². The largest absolute Gasteiger partial charge is 0.338 e. The van der Waals surface area contributed by atoms with E-state index in [1.807, 2.05) is 7.05 Å². The van der Waals surface area contributed by atoms with Crippen molar-refractivity contribution >= 4 is 11.0 Å². The molecule has 142 valence electrons. The second-order valence-electron chi connectivity index (χ2n) is 7.11. The number of aromatic amines is 1. The van der Waals surface area contributed by atoms with Gasteiger partial charge in [0.05, 0.1) is 11.0 Å². The van der Waals surface area contributed by atoms with Crippen molar-refractivity contribution in [2.75, 3.05) is 20.1 Å². The van der Waals surface area contributed by atoms with E-state index in [1.165, 1.54) is 22.3 Å². The van der Waals surface area contributed by atoms with Gasteiger partial charge in [0.25, 0.3) is 0 Å². The molecular formula is C24H26N4. The molecule has 3 aromatic carbocycles. The lowest BCUT2D eigenvalue weighted by Gasteiger charge is -2.08. The Kier molecular flexibility index (Phi) is 5.51. The van der Waals surface area contributed by atoms with E-state index in [0.717, 1.165) is 42.1 Å². The van der Waals surface area contributed by atoms with Gasteiger partial charge in [0.1, 0.15) is 5.82 Å². The number of aryl methyl sites for hydroxylation is 1. The Morgan fingerprint density at radius 1 is 0.857 bits per heavy atom. The van der Waals surface area contributed by atoms with Gasteiger partial charge in [0.2, 0.25) is 0 Å². The highest BCUT2D eigenvalue weighted by molar-refractivity contribution is 5.82. The van der Waals surface area contributed by atoms with E-state index in [2.05, 4.69) is 89.3 Å². The van der Waals surface area contributed by atoms with Crippen molar-refractivity contribution in [3.63, 3.8) is 0 Å². The molecule has 0 radical (unpaired) electrons. The van der Waals surface area contributed by atoms with E-state index in [9.17, 15) is 0 Å². The van der Waals surface area contributed by atoms with Crippen molar-refractivity contribution in [2.45, 2.75) is 13.5 Å². The van der Waals surface area contributed by atoms with Gasteiger partial charge < -0.3 is 15.6 Å². The van der Waals surface area contributed by atoms with Gasteiger partial charge in [-0.2, -0.15) is 0 Å². The molecule has 4 nitrogen and oxygen atoms in total. The van der Waals surface area contributed by atoms with Crippen LogP contribution in [0.1, 0.15) is 11.1 Å². The van der Waals surface area contributed by atoms with E-state index in [0.29, 0.717) is 0 Å². The number of para-hydroxylation sites is 1. The van der Waals surface area contributed by atoms with Gasteiger partial charge in [0.15, 0.2) is 0 Å². The van der Waals surface area contributed by atoms with Gasteiger partial charge in [-0.3, -0.25) is 0 Å². The minimum absolute atomic E-state index is 0.881. The lowest BCUT2D eigenvalue weighted by molar-refractivity contribution is 0.651. The molecule has 4 rings (SSSR count). The third kappa shape index (κ3) is 3.98. The van der Waals surface area contributed by atoms with Crippen molar-refractivity contribution in [3.8, 4) is 22.5 Å². The van der Waals surface area contributed by atoms with Crippen molar-refractivity contribution in [3.05, 3.63) is 77.9 Å². The second-order valence-corrected chi connectivity index (χ2v) is 7.11. The van der Waals surface area contributed by atoms with E-state index < -0.39 is 0 Å². The number of hydrogen-bond acceptors (Lipinski definition) is 3. The number of fused-ring (bicyclic) bond motifs is 1. The second kappa shape index (κ2) is 8.38. The summed E-state index contributed by atoms with van der Waals surface area (Å²) in [6.07, 6.45) is 0. The number of nitrogens with one attached hydrogen (secondary N) is 3. The van der Waals surface area contributed by atoms with Crippen LogP contribution in [0, 0.1) is 6.92 Å². The first-order valence-corrected chi connectivity index (χ1v) is 9.75. The Morgan fingerprint density at radius 2 is 1.64 bits per heavy atom. The zero-order valence-electron chi connectivity index (χ0n) is 16.4. The zero-order valence-corrected chi connectivity index (χ0v) is 16.4. The van der Waals surface area contributed by atoms with Crippen LogP contribution in [0.4, 0.5) is 0 Å². The normalized spacial score (nSPS) is 11.2. The molecule has 0 saturated carbocycles. The summed E-state index contributed by atoms with van der Waals surface area (Å²) in [6.45, 7) is 4.91. The lowest BCUT2D eigenvalue weighted by Crippen LogP contribution is -2.24. The highest BCUT2D eigenvalue weighted by Gasteiger charge is 2.07. The lowest BCUT2D eigenvalue weighted by atomic mass is 10.0. The number of imidazole rings is 1. The molecule has 0 bridgehead atoms. The number of likely N-dealkylation sites (N-methyl/N-ethyl adjacent to an activating group) is 1. The third-order valence-corrected chi connectivity index (χ3v) is 5.01. The van der Waals surface area contributed by atoms with Gasteiger partial charge in [0, 0.05) is 25.2 Å². The molecule has 0 aliphatic heterocycles. The van der Waals surface area contributed by atoms with E-state index in [4.69, 9.17) is 4.98 Å². The average molecular weight is 370 g/mol. The quantitative estimate of drug-likeness (QED) is 0.419. The van der Waals surface area contributed by atoms with Crippen LogP contribution in [-0.4, -0.2) is 30.1 Å². The molecular weight excluding hydrogens is 344 g/mol. The molecule has 4 heteroatoms. The van der Waals surface area contributed by atoms with Crippen LogP contribution in [-0.2, 0) is 6.54 Å². The Hall–Kier alpha value is -2.95. The molecule has 0 aliphatic carbocycles. The molecule has 0 atom stereocenters. The predicted molar refractivity (Wildman–Crippen MR) is 117 cm³/mol. The smallest absolute Gasteiger partial charge is 0.138 e. The topological polar surface area (TPSA) is 52.7 Å². The van der Waals surface area contributed by atoms with Gasteiger partial charge in [-0.05, 0) is 48.4 Å². The molecule has 0 amide bonds.